The van der Waals surface area contributed by atoms with Crippen LogP contribution in [-0.4, -0.2) is 39.0 Å². The topological polar surface area (TPSA) is 75.4 Å². The van der Waals surface area contributed by atoms with E-state index in [4.69, 9.17) is 4.52 Å². The number of nitrogens with zero attached hydrogens (tertiary/aromatic N) is 5. The van der Waals surface area contributed by atoms with E-state index < -0.39 is 0 Å². The van der Waals surface area contributed by atoms with Crippen LogP contribution in [0.4, 0.5) is 5.82 Å². The van der Waals surface area contributed by atoms with Crippen molar-refractivity contribution in [3.63, 3.8) is 0 Å². The van der Waals surface area contributed by atoms with Crippen LogP contribution in [0.1, 0.15) is 27.4 Å². The minimum atomic E-state index is -0.123. The van der Waals surface area contributed by atoms with Crippen molar-refractivity contribution in [2.24, 2.45) is 0 Å². The van der Waals surface area contributed by atoms with Crippen molar-refractivity contribution in [3.8, 4) is 0 Å². The van der Waals surface area contributed by atoms with Gasteiger partial charge in [-0.2, -0.15) is 0 Å². The molecule has 0 saturated heterocycles. The lowest BCUT2D eigenvalue weighted by Crippen LogP contribution is -2.35. The van der Waals surface area contributed by atoms with Gasteiger partial charge in [0.1, 0.15) is 11.6 Å². The number of hydrogen-bond donors (Lipinski definition) is 0. The first kappa shape index (κ1) is 16.3. The van der Waals surface area contributed by atoms with Gasteiger partial charge in [0.2, 0.25) is 0 Å². The van der Waals surface area contributed by atoms with Crippen LogP contribution in [0.3, 0.4) is 0 Å². The van der Waals surface area contributed by atoms with Gasteiger partial charge in [-0.25, -0.2) is 4.98 Å². The molecule has 1 aliphatic rings. The molecule has 4 rings (SSSR count). The Labute approximate surface area is 151 Å². The number of aryl methyl sites for hydroxylation is 1. The molecule has 0 N–H and O–H groups in total. The van der Waals surface area contributed by atoms with Crippen molar-refractivity contribution in [3.05, 3.63) is 71.5 Å². The van der Waals surface area contributed by atoms with Crippen LogP contribution in [-0.2, 0) is 13.1 Å². The summed E-state index contributed by atoms with van der Waals surface area (Å²) in [6.45, 7) is 4.28. The summed E-state index contributed by atoms with van der Waals surface area (Å²) in [6.07, 6.45) is 5.36. The normalized spacial score (nSPS) is 14.0. The fourth-order valence-corrected chi connectivity index (χ4v) is 3.14. The van der Waals surface area contributed by atoms with Gasteiger partial charge in [0.05, 0.1) is 0 Å². The van der Waals surface area contributed by atoms with E-state index >= 15 is 0 Å². The highest BCUT2D eigenvalue weighted by Crippen LogP contribution is 2.25. The molecule has 1 aliphatic heterocycles. The number of aromatic nitrogens is 3. The Hall–Kier alpha value is -3.22. The fourth-order valence-electron chi connectivity index (χ4n) is 3.14. The minimum Gasteiger partial charge on any atom is -0.361 e. The highest BCUT2D eigenvalue weighted by molar-refractivity contribution is 5.92. The molecular formula is C19H19N5O2. The fraction of sp³-hybridized carbons (Fsp3) is 0.263. The van der Waals surface area contributed by atoms with Gasteiger partial charge < -0.3 is 14.3 Å². The Kier molecular flexibility index (Phi) is 4.35. The van der Waals surface area contributed by atoms with Crippen LogP contribution in [0.2, 0.25) is 0 Å². The van der Waals surface area contributed by atoms with Crippen LogP contribution in [0, 0.1) is 6.92 Å². The van der Waals surface area contributed by atoms with Crippen molar-refractivity contribution >= 4 is 11.7 Å². The monoisotopic (exact) mass is 349 g/mol. The summed E-state index contributed by atoms with van der Waals surface area (Å²) >= 11 is 0. The van der Waals surface area contributed by atoms with Gasteiger partial charge in [-0.3, -0.25) is 9.78 Å². The second kappa shape index (κ2) is 6.95. The molecule has 7 nitrogen and oxygen atoms in total. The van der Waals surface area contributed by atoms with Crippen LogP contribution >= 0.6 is 0 Å². The molecule has 0 bridgehead atoms. The second-order valence-electron chi connectivity index (χ2n) is 6.31. The largest absolute Gasteiger partial charge is 0.361 e. The molecule has 0 fully saturated rings. The standard InChI is InChI=1S/C19H19N5O2/c1-14-11-17(22-26-14)19(25)24-10-9-23(12-15-4-7-20-8-5-15)18-16(13-24)3-2-6-21-18/h2-8,11H,9-10,12-13H2,1H3. The zero-order valence-corrected chi connectivity index (χ0v) is 14.5. The van der Waals surface area contributed by atoms with E-state index in [1.54, 1.807) is 36.5 Å². The Morgan fingerprint density at radius 1 is 1.19 bits per heavy atom. The Morgan fingerprint density at radius 3 is 2.81 bits per heavy atom. The van der Waals surface area contributed by atoms with Crippen molar-refractivity contribution in [1.82, 2.24) is 20.0 Å². The molecule has 0 atom stereocenters. The Morgan fingerprint density at radius 2 is 2.04 bits per heavy atom. The number of carbonyl (C=O) groups excluding carboxylic acids is 1. The van der Waals surface area contributed by atoms with Crippen LogP contribution < -0.4 is 4.90 Å². The maximum atomic E-state index is 12.8. The van der Waals surface area contributed by atoms with Gasteiger partial charge in [-0.15, -0.1) is 0 Å². The smallest absolute Gasteiger partial charge is 0.276 e. The third-order valence-corrected chi connectivity index (χ3v) is 4.43. The molecule has 0 unspecified atom stereocenters. The molecule has 3 aromatic rings. The number of pyridine rings is 2. The number of carbonyl (C=O) groups is 1. The Balaban J connectivity index is 1.60. The zero-order valence-electron chi connectivity index (χ0n) is 14.5. The number of amides is 1. The molecule has 132 valence electrons. The van der Waals surface area contributed by atoms with Gasteiger partial charge in [-0.1, -0.05) is 11.2 Å². The van der Waals surface area contributed by atoms with E-state index in [9.17, 15) is 4.79 Å². The van der Waals surface area contributed by atoms with Gasteiger partial charge in [0.25, 0.3) is 5.91 Å². The first-order chi connectivity index (χ1) is 12.7. The number of fused-ring (bicyclic) bond motifs is 1. The predicted octanol–water partition coefficient (Wildman–Crippen LogP) is 2.44. The molecule has 0 saturated carbocycles. The highest BCUT2D eigenvalue weighted by Gasteiger charge is 2.26. The van der Waals surface area contributed by atoms with Crippen LogP contribution in [0.5, 0.6) is 0 Å². The maximum Gasteiger partial charge on any atom is 0.276 e. The van der Waals surface area contributed by atoms with Gasteiger partial charge in [0.15, 0.2) is 5.69 Å². The van der Waals surface area contributed by atoms with Crippen molar-refractivity contribution in [2.75, 3.05) is 18.0 Å². The third kappa shape index (κ3) is 3.28. The lowest BCUT2D eigenvalue weighted by molar-refractivity contribution is 0.0741. The molecular weight excluding hydrogens is 330 g/mol. The maximum absolute atomic E-state index is 12.8. The van der Waals surface area contributed by atoms with E-state index in [0.29, 0.717) is 31.1 Å². The zero-order chi connectivity index (χ0) is 17.9. The summed E-state index contributed by atoms with van der Waals surface area (Å²) < 4.78 is 5.05. The number of hydrogen-bond acceptors (Lipinski definition) is 6. The lowest BCUT2D eigenvalue weighted by atomic mass is 10.2. The summed E-state index contributed by atoms with van der Waals surface area (Å²) in [5, 5.41) is 3.86. The molecule has 3 aromatic heterocycles. The van der Waals surface area contributed by atoms with E-state index in [-0.39, 0.29) is 5.91 Å². The van der Waals surface area contributed by atoms with Crippen LogP contribution in [0.15, 0.2) is 53.4 Å². The minimum absolute atomic E-state index is 0.123. The lowest BCUT2D eigenvalue weighted by Gasteiger charge is -2.23. The number of anilines is 1. The summed E-state index contributed by atoms with van der Waals surface area (Å²) in [4.78, 5) is 25.4. The molecule has 0 aliphatic carbocycles. The van der Waals surface area contributed by atoms with Crippen molar-refractivity contribution in [2.45, 2.75) is 20.0 Å². The molecule has 1 amide bonds. The quantitative estimate of drug-likeness (QED) is 0.723. The third-order valence-electron chi connectivity index (χ3n) is 4.43. The van der Waals surface area contributed by atoms with E-state index in [1.807, 2.05) is 24.3 Å². The predicted molar refractivity (Wildman–Crippen MR) is 95.5 cm³/mol. The summed E-state index contributed by atoms with van der Waals surface area (Å²) in [5.74, 6) is 1.42. The van der Waals surface area contributed by atoms with Gasteiger partial charge >= 0.3 is 0 Å². The van der Waals surface area contributed by atoms with E-state index in [2.05, 4.69) is 20.0 Å². The summed E-state index contributed by atoms with van der Waals surface area (Å²) in [6, 6.07) is 9.58. The van der Waals surface area contributed by atoms with Gasteiger partial charge in [-0.05, 0) is 30.7 Å². The van der Waals surface area contributed by atoms with Crippen LogP contribution in [0.25, 0.3) is 0 Å². The second-order valence-corrected chi connectivity index (χ2v) is 6.31. The first-order valence-electron chi connectivity index (χ1n) is 8.51. The van der Waals surface area contributed by atoms with E-state index in [0.717, 1.165) is 23.5 Å². The highest BCUT2D eigenvalue weighted by atomic mass is 16.5. The molecule has 0 spiro atoms. The summed E-state index contributed by atoms with van der Waals surface area (Å²) in [5.41, 5.74) is 2.52. The average molecular weight is 349 g/mol. The van der Waals surface area contributed by atoms with E-state index in [1.165, 1.54) is 0 Å². The van der Waals surface area contributed by atoms with Crippen molar-refractivity contribution in [1.29, 1.82) is 0 Å². The molecule has 0 aromatic carbocycles. The summed E-state index contributed by atoms with van der Waals surface area (Å²) in [7, 11) is 0. The number of rotatable bonds is 3. The average Bonchev–Trinajstić information content (AvgIpc) is 3.02. The molecule has 26 heavy (non-hydrogen) atoms. The Bertz CT molecular complexity index is 909. The molecule has 0 radical (unpaired) electrons. The first-order valence-corrected chi connectivity index (χ1v) is 8.51. The molecule has 7 heteroatoms. The molecule has 4 heterocycles. The van der Waals surface area contributed by atoms with Gasteiger partial charge in [0, 0.05) is 56.4 Å². The SMILES string of the molecule is Cc1cc(C(=O)N2CCN(Cc3ccncc3)c3ncccc3C2)no1. The van der Waals surface area contributed by atoms with Crippen molar-refractivity contribution < 1.29 is 9.32 Å².